The molecule has 1 aromatic carbocycles. The zero-order valence-electron chi connectivity index (χ0n) is 10.8. The standard InChI is InChI=1S/C13H16N2O4S/c16-13(17)8-5-11-3-6-12(7-4-11)14-20(18,19)15-9-1-2-10-15/h3-8,14H,1-2,9-10H2,(H,16,17)/b8-5+. The highest BCUT2D eigenvalue weighted by molar-refractivity contribution is 7.90. The summed E-state index contributed by atoms with van der Waals surface area (Å²) < 4.78 is 28.0. The quantitative estimate of drug-likeness (QED) is 0.807. The maximum absolute atomic E-state index is 12.0. The first-order valence-corrected chi connectivity index (χ1v) is 7.70. The molecule has 7 heteroatoms. The van der Waals surface area contributed by atoms with Gasteiger partial charge in [0, 0.05) is 24.9 Å². The lowest BCUT2D eigenvalue weighted by Crippen LogP contribution is -2.33. The fourth-order valence-electron chi connectivity index (χ4n) is 1.97. The Balaban J connectivity index is 2.05. The minimum Gasteiger partial charge on any atom is -0.478 e. The molecule has 0 atom stereocenters. The van der Waals surface area contributed by atoms with Crippen molar-refractivity contribution in [3.63, 3.8) is 0 Å². The number of hydrogen-bond donors (Lipinski definition) is 2. The Morgan fingerprint density at radius 2 is 1.80 bits per heavy atom. The van der Waals surface area contributed by atoms with Gasteiger partial charge in [-0.25, -0.2) is 4.79 Å². The van der Waals surface area contributed by atoms with Crippen molar-refractivity contribution in [2.75, 3.05) is 17.8 Å². The Labute approximate surface area is 117 Å². The normalized spacial score (nSPS) is 16.6. The number of nitrogens with one attached hydrogen (secondary N) is 1. The summed E-state index contributed by atoms with van der Waals surface area (Å²) in [6, 6.07) is 6.52. The molecule has 0 unspecified atom stereocenters. The fraction of sp³-hybridized carbons (Fsp3) is 0.308. The number of carbonyl (C=O) groups is 1. The van der Waals surface area contributed by atoms with Gasteiger partial charge in [0.05, 0.1) is 0 Å². The van der Waals surface area contributed by atoms with E-state index in [0.717, 1.165) is 18.9 Å². The molecule has 0 aliphatic carbocycles. The predicted octanol–water partition coefficient (Wildman–Crippen LogP) is 1.54. The average Bonchev–Trinajstić information content (AvgIpc) is 2.92. The van der Waals surface area contributed by atoms with Gasteiger partial charge < -0.3 is 5.11 Å². The Bertz CT molecular complexity index is 602. The van der Waals surface area contributed by atoms with Crippen LogP contribution in [0.1, 0.15) is 18.4 Å². The second-order valence-electron chi connectivity index (χ2n) is 4.51. The van der Waals surface area contributed by atoms with E-state index in [2.05, 4.69) is 4.72 Å². The number of nitrogens with zero attached hydrogens (tertiary/aromatic N) is 1. The van der Waals surface area contributed by atoms with Crippen LogP contribution >= 0.6 is 0 Å². The molecule has 0 bridgehead atoms. The Morgan fingerprint density at radius 1 is 1.20 bits per heavy atom. The molecule has 0 radical (unpaired) electrons. The van der Waals surface area contributed by atoms with Gasteiger partial charge in [0.25, 0.3) is 0 Å². The van der Waals surface area contributed by atoms with Crippen LogP contribution in [0.5, 0.6) is 0 Å². The van der Waals surface area contributed by atoms with E-state index in [1.165, 1.54) is 10.4 Å². The van der Waals surface area contributed by atoms with Crippen LogP contribution in [-0.4, -0.2) is 36.9 Å². The van der Waals surface area contributed by atoms with Crippen LogP contribution < -0.4 is 4.72 Å². The number of carboxylic acids is 1. The lowest BCUT2D eigenvalue weighted by molar-refractivity contribution is -0.131. The van der Waals surface area contributed by atoms with Gasteiger partial charge in [0.1, 0.15) is 0 Å². The van der Waals surface area contributed by atoms with Crippen LogP contribution in [0, 0.1) is 0 Å². The first kappa shape index (κ1) is 14.5. The van der Waals surface area contributed by atoms with E-state index in [9.17, 15) is 13.2 Å². The molecule has 20 heavy (non-hydrogen) atoms. The third kappa shape index (κ3) is 3.82. The number of rotatable bonds is 5. The van der Waals surface area contributed by atoms with E-state index in [1.54, 1.807) is 24.3 Å². The minimum absolute atomic E-state index is 0.462. The molecule has 1 aromatic rings. The highest BCUT2D eigenvalue weighted by atomic mass is 32.2. The highest BCUT2D eigenvalue weighted by Gasteiger charge is 2.24. The van der Waals surface area contributed by atoms with Crippen molar-refractivity contribution in [2.24, 2.45) is 0 Å². The van der Waals surface area contributed by atoms with Gasteiger partial charge >= 0.3 is 16.2 Å². The van der Waals surface area contributed by atoms with Crippen molar-refractivity contribution >= 4 is 27.9 Å². The van der Waals surface area contributed by atoms with Crippen LogP contribution in [0.2, 0.25) is 0 Å². The third-order valence-electron chi connectivity index (χ3n) is 2.98. The second kappa shape index (κ2) is 6.06. The number of anilines is 1. The monoisotopic (exact) mass is 296 g/mol. The van der Waals surface area contributed by atoms with Crippen LogP contribution in [0.4, 0.5) is 5.69 Å². The third-order valence-corrected chi connectivity index (χ3v) is 4.52. The fourth-order valence-corrected chi connectivity index (χ4v) is 3.27. The van der Waals surface area contributed by atoms with E-state index >= 15 is 0 Å². The summed E-state index contributed by atoms with van der Waals surface area (Å²) in [5.74, 6) is -1.02. The average molecular weight is 296 g/mol. The van der Waals surface area contributed by atoms with Gasteiger partial charge in [-0.1, -0.05) is 12.1 Å². The van der Waals surface area contributed by atoms with Crippen molar-refractivity contribution in [3.05, 3.63) is 35.9 Å². The molecule has 2 N–H and O–H groups in total. The second-order valence-corrected chi connectivity index (χ2v) is 6.18. The molecule has 6 nitrogen and oxygen atoms in total. The maximum atomic E-state index is 12.0. The maximum Gasteiger partial charge on any atom is 0.328 e. The predicted molar refractivity (Wildman–Crippen MR) is 76.5 cm³/mol. The topological polar surface area (TPSA) is 86.7 Å². The van der Waals surface area contributed by atoms with E-state index < -0.39 is 16.2 Å². The molecule has 108 valence electrons. The highest BCUT2D eigenvalue weighted by Crippen LogP contribution is 2.17. The molecule has 0 amide bonds. The van der Waals surface area contributed by atoms with Crippen molar-refractivity contribution in [2.45, 2.75) is 12.8 Å². The lowest BCUT2D eigenvalue weighted by Gasteiger charge is -2.16. The summed E-state index contributed by atoms with van der Waals surface area (Å²) in [5, 5.41) is 8.52. The number of carboxylic acid groups (broad SMARTS) is 1. The largest absolute Gasteiger partial charge is 0.478 e. The summed E-state index contributed by atoms with van der Waals surface area (Å²) in [6.45, 7) is 1.10. The molecule has 1 heterocycles. The SMILES string of the molecule is O=C(O)/C=C/c1ccc(NS(=O)(=O)N2CCCC2)cc1. The Hall–Kier alpha value is -1.86. The van der Waals surface area contributed by atoms with Crippen molar-refractivity contribution in [3.8, 4) is 0 Å². The first-order chi connectivity index (χ1) is 9.47. The van der Waals surface area contributed by atoms with Gasteiger partial charge in [-0.15, -0.1) is 0 Å². The zero-order chi connectivity index (χ0) is 14.6. The summed E-state index contributed by atoms with van der Waals surface area (Å²) in [4.78, 5) is 10.4. The van der Waals surface area contributed by atoms with E-state index in [-0.39, 0.29) is 0 Å². The van der Waals surface area contributed by atoms with Crippen molar-refractivity contribution < 1.29 is 18.3 Å². The van der Waals surface area contributed by atoms with E-state index in [1.807, 2.05) is 0 Å². The molecule has 1 fully saturated rings. The minimum atomic E-state index is -3.48. The number of benzene rings is 1. The van der Waals surface area contributed by atoms with E-state index in [4.69, 9.17) is 5.11 Å². The van der Waals surface area contributed by atoms with Crippen LogP contribution in [-0.2, 0) is 15.0 Å². The smallest absolute Gasteiger partial charge is 0.328 e. The van der Waals surface area contributed by atoms with Gasteiger partial charge in [-0.05, 0) is 36.6 Å². The van der Waals surface area contributed by atoms with Gasteiger partial charge in [0.2, 0.25) is 0 Å². The number of aliphatic carboxylic acids is 1. The summed E-state index contributed by atoms with van der Waals surface area (Å²) in [6.07, 6.45) is 4.25. The molecule has 1 saturated heterocycles. The van der Waals surface area contributed by atoms with Gasteiger partial charge in [0.15, 0.2) is 0 Å². The zero-order valence-corrected chi connectivity index (χ0v) is 11.6. The molecule has 1 aliphatic heterocycles. The molecule has 0 spiro atoms. The summed E-state index contributed by atoms with van der Waals surface area (Å²) >= 11 is 0. The van der Waals surface area contributed by atoms with Crippen LogP contribution in [0.15, 0.2) is 30.3 Å². The van der Waals surface area contributed by atoms with Crippen LogP contribution in [0.3, 0.4) is 0 Å². The Morgan fingerprint density at radius 3 is 2.35 bits per heavy atom. The molecule has 0 aromatic heterocycles. The molecule has 0 saturated carbocycles. The Kier molecular flexibility index (Phi) is 4.41. The lowest BCUT2D eigenvalue weighted by atomic mass is 10.2. The molecule has 2 rings (SSSR count). The molecule has 1 aliphatic rings. The first-order valence-electron chi connectivity index (χ1n) is 6.26. The number of hydrogen-bond acceptors (Lipinski definition) is 3. The molecular formula is C13H16N2O4S. The van der Waals surface area contributed by atoms with Gasteiger partial charge in [-0.3, -0.25) is 4.72 Å². The van der Waals surface area contributed by atoms with Crippen molar-refractivity contribution in [1.29, 1.82) is 0 Å². The van der Waals surface area contributed by atoms with Crippen molar-refractivity contribution in [1.82, 2.24) is 4.31 Å². The summed E-state index contributed by atoms with van der Waals surface area (Å²) in [7, 11) is -3.48. The molecular weight excluding hydrogens is 280 g/mol. The van der Waals surface area contributed by atoms with E-state index in [0.29, 0.717) is 24.3 Å². The summed E-state index contributed by atoms with van der Waals surface area (Å²) in [5.41, 5.74) is 1.15. The van der Waals surface area contributed by atoms with Gasteiger partial charge in [-0.2, -0.15) is 12.7 Å². The van der Waals surface area contributed by atoms with Crippen LogP contribution in [0.25, 0.3) is 6.08 Å².